The predicted octanol–water partition coefficient (Wildman–Crippen LogP) is 3.09. The van der Waals surface area contributed by atoms with Gasteiger partial charge in [0.05, 0.1) is 11.0 Å². The predicted molar refractivity (Wildman–Crippen MR) is 85.5 cm³/mol. The molecule has 112 valence electrons. The molecule has 5 nitrogen and oxygen atoms in total. The van der Waals surface area contributed by atoms with Crippen LogP contribution in [0, 0.1) is 0 Å². The number of carbonyl (C=O) groups is 1. The second-order valence-corrected chi connectivity index (χ2v) is 5.66. The van der Waals surface area contributed by atoms with Gasteiger partial charge < -0.3 is 10.4 Å². The fraction of sp³-hybridized carbons (Fsp3) is 0.333. The normalized spacial score (nSPS) is 11.9. The molecule has 1 atom stereocenters. The lowest BCUT2D eigenvalue weighted by atomic mass is 10.2. The number of aliphatic hydroxyl groups excluding tert-OH is 1. The zero-order valence-corrected chi connectivity index (χ0v) is 12.7. The molecule has 0 saturated heterocycles. The fourth-order valence-corrected chi connectivity index (χ4v) is 2.58. The number of hydrogen-bond donors (Lipinski definition) is 3. The van der Waals surface area contributed by atoms with Crippen molar-refractivity contribution in [1.29, 1.82) is 0 Å². The van der Waals surface area contributed by atoms with Crippen LogP contribution in [0.15, 0.2) is 36.5 Å². The Bertz CT molecular complexity index is 571. The average Bonchev–Trinajstić information content (AvgIpc) is 2.96. The van der Waals surface area contributed by atoms with Crippen LogP contribution in [-0.2, 0) is 0 Å². The first-order valence-electron chi connectivity index (χ1n) is 6.93. The quantitative estimate of drug-likeness (QED) is 0.767. The number of urea groups is 1. The zero-order chi connectivity index (χ0) is 15.1. The summed E-state index contributed by atoms with van der Waals surface area (Å²) in [6.45, 7) is 2.35. The molecule has 1 heterocycles. The molecule has 6 heteroatoms. The van der Waals surface area contributed by atoms with Gasteiger partial charge in [-0.05, 0) is 18.4 Å². The summed E-state index contributed by atoms with van der Waals surface area (Å²) in [4.78, 5) is 16.9. The maximum Gasteiger partial charge on any atom is 0.321 e. The van der Waals surface area contributed by atoms with Crippen molar-refractivity contribution >= 4 is 22.5 Å². The zero-order valence-electron chi connectivity index (χ0n) is 11.9. The number of nitrogens with one attached hydrogen (secondary N) is 2. The molecule has 1 aromatic heterocycles. The first kappa shape index (κ1) is 15.5. The number of aliphatic hydroxyl groups is 1. The Balaban J connectivity index is 1.84. The van der Waals surface area contributed by atoms with E-state index < -0.39 is 0 Å². The van der Waals surface area contributed by atoms with Crippen molar-refractivity contribution in [2.45, 2.75) is 25.9 Å². The molecule has 1 unspecified atom stereocenters. The van der Waals surface area contributed by atoms with E-state index in [4.69, 9.17) is 0 Å². The molecular weight excluding hydrogens is 286 g/mol. The lowest BCUT2D eigenvalue weighted by Gasteiger charge is -2.08. The van der Waals surface area contributed by atoms with Crippen LogP contribution >= 0.6 is 11.3 Å². The Morgan fingerprint density at radius 2 is 2.14 bits per heavy atom. The number of nitrogens with zero attached hydrogens (tertiary/aromatic N) is 1. The fourth-order valence-electron chi connectivity index (χ4n) is 1.77. The smallest absolute Gasteiger partial charge is 0.321 e. The summed E-state index contributed by atoms with van der Waals surface area (Å²) >= 11 is 1.43. The molecule has 0 aliphatic carbocycles. The van der Waals surface area contributed by atoms with E-state index in [1.807, 2.05) is 37.3 Å². The second-order valence-electron chi connectivity index (χ2n) is 4.63. The molecule has 0 fully saturated rings. The van der Waals surface area contributed by atoms with Crippen molar-refractivity contribution in [3.63, 3.8) is 0 Å². The molecule has 1 aromatic carbocycles. The largest absolute Gasteiger partial charge is 0.393 e. The van der Waals surface area contributed by atoms with Gasteiger partial charge in [-0.1, -0.05) is 48.6 Å². The topological polar surface area (TPSA) is 74.2 Å². The Labute approximate surface area is 128 Å². The van der Waals surface area contributed by atoms with Gasteiger partial charge in [0.15, 0.2) is 5.13 Å². The van der Waals surface area contributed by atoms with Crippen molar-refractivity contribution < 1.29 is 9.90 Å². The van der Waals surface area contributed by atoms with Crippen LogP contribution in [0.5, 0.6) is 0 Å². The van der Waals surface area contributed by atoms with Gasteiger partial charge in [-0.25, -0.2) is 9.78 Å². The number of benzene rings is 1. The number of amides is 2. The van der Waals surface area contributed by atoms with Gasteiger partial charge in [-0.3, -0.25) is 5.32 Å². The van der Waals surface area contributed by atoms with Crippen LogP contribution in [0.25, 0.3) is 10.4 Å². The van der Waals surface area contributed by atoms with Crippen LogP contribution in [-0.4, -0.2) is 28.8 Å². The monoisotopic (exact) mass is 305 g/mol. The van der Waals surface area contributed by atoms with Crippen molar-refractivity contribution in [3.8, 4) is 10.4 Å². The highest BCUT2D eigenvalue weighted by Gasteiger charge is 2.08. The molecule has 2 aromatic rings. The number of thiazole rings is 1. The molecule has 2 amide bonds. The average molecular weight is 305 g/mol. The summed E-state index contributed by atoms with van der Waals surface area (Å²) in [7, 11) is 0. The van der Waals surface area contributed by atoms with Gasteiger partial charge in [0.25, 0.3) is 0 Å². The van der Waals surface area contributed by atoms with E-state index in [1.54, 1.807) is 6.20 Å². The SMILES string of the molecule is CCC(O)CCNC(=O)Nc1ncc(-c2ccccc2)s1. The minimum atomic E-state index is -0.366. The molecule has 21 heavy (non-hydrogen) atoms. The Morgan fingerprint density at radius 3 is 2.86 bits per heavy atom. The van der Waals surface area contributed by atoms with Gasteiger partial charge >= 0.3 is 6.03 Å². The highest BCUT2D eigenvalue weighted by atomic mass is 32.1. The summed E-state index contributed by atoms with van der Waals surface area (Å²) in [6.07, 6.45) is 2.62. The molecule has 0 aliphatic heterocycles. The van der Waals surface area contributed by atoms with Crippen molar-refractivity contribution in [3.05, 3.63) is 36.5 Å². The minimum absolute atomic E-state index is 0.299. The van der Waals surface area contributed by atoms with Crippen molar-refractivity contribution in [2.75, 3.05) is 11.9 Å². The van der Waals surface area contributed by atoms with E-state index in [1.165, 1.54) is 11.3 Å². The lowest BCUT2D eigenvalue weighted by Crippen LogP contribution is -2.31. The second kappa shape index (κ2) is 7.75. The van der Waals surface area contributed by atoms with E-state index in [-0.39, 0.29) is 12.1 Å². The van der Waals surface area contributed by atoms with E-state index in [0.29, 0.717) is 24.5 Å². The number of hydrogen-bond acceptors (Lipinski definition) is 4. The number of rotatable bonds is 6. The highest BCUT2D eigenvalue weighted by Crippen LogP contribution is 2.28. The molecule has 0 bridgehead atoms. The summed E-state index contributed by atoms with van der Waals surface area (Å²) in [5, 5.41) is 15.4. The van der Waals surface area contributed by atoms with Crippen LogP contribution in [0.3, 0.4) is 0 Å². The first-order chi connectivity index (χ1) is 10.2. The molecule has 0 radical (unpaired) electrons. The minimum Gasteiger partial charge on any atom is -0.393 e. The van der Waals surface area contributed by atoms with Gasteiger partial charge in [0.2, 0.25) is 0 Å². The van der Waals surface area contributed by atoms with Crippen LogP contribution in [0.2, 0.25) is 0 Å². The molecular formula is C15H19N3O2S. The third-order valence-electron chi connectivity index (χ3n) is 3.02. The Hall–Kier alpha value is -1.92. The summed E-state index contributed by atoms with van der Waals surface area (Å²) in [5.41, 5.74) is 1.08. The van der Waals surface area contributed by atoms with Crippen molar-refractivity contribution in [2.24, 2.45) is 0 Å². The van der Waals surface area contributed by atoms with Gasteiger partial charge in [0, 0.05) is 12.7 Å². The van der Waals surface area contributed by atoms with Gasteiger partial charge in [-0.2, -0.15) is 0 Å². The maximum absolute atomic E-state index is 11.7. The third kappa shape index (κ3) is 4.84. The van der Waals surface area contributed by atoms with Crippen LogP contribution in [0.1, 0.15) is 19.8 Å². The molecule has 0 saturated carbocycles. The molecule has 3 N–H and O–H groups in total. The molecule has 0 aliphatic rings. The summed E-state index contributed by atoms with van der Waals surface area (Å²) < 4.78 is 0. The van der Waals surface area contributed by atoms with E-state index in [9.17, 15) is 9.90 Å². The Kier molecular flexibility index (Phi) is 5.71. The van der Waals surface area contributed by atoms with E-state index in [2.05, 4.69) is 15.6 Å². The summed E-state index contributed by atoms with van der Waals surface area (Å²) in [5.74, 6) is 0. The molecule has 2 rings (SSSR count). The van der Waals surface area contributed by atoms with Gasteiger partial charge in [0.1, 0.15) is 0 Å². The highest BCUT2D eigenvalue weighted by molar-refractivity contribution is 7.19. The number of anilines is 1. The summed E-state index contributed by atoms with van der Waals surface area (Å²) in [6, 6.07) is 9.60. The van der Waals surface area contributed by atoms with Gasteiger partial charge in [-0.15, -0.1) is 0 Å². The Morgan fingerprint density at radius 1 is 1.38 bits per heavy atom. The van der Waals surface area contributed by atoms with E-state index in [0.717, 1.165) is 10.4 Å². The van der Waals surface area contributed by atoms with E-state index >= 15 is 0 Å². The first-order valence-corrected chi connectivity index (χ1v) is 7.75. The maximum atomic E-state index is 11.7. The van der Waals surface area contributed by atoms with Crippen LogP contribution in [0.4, 0.5) is 9.93 Å². The molecule has 0 spiro atoms. The number of carbonyl (C=O) groups excluding carboxylic acids is 1. The lowest BCUT2D eigenvalue weighted by molar-refractivity contribution is 0.160. The third-order valence-corrected chi connectivity index (χ3v) is 3.98. The van der Waals surface area contributed by atoms with Crippen molar-refractivity contribution in [1.82, 2.24) is 10.3 Å². The van der Waals surface area contributed by atoms with Crippen LogP contribution < -0.4 is 10.6 Å². The number of aromatic nitrogens is 1. The standard InChI is InChI=1S/C15H19N3O2S/c1-2-12(19)8-9-16-14(20)18-15-17-10-13(21-15)11-6-4-3-5-7-11/h3-7,10,12,19H,2,8-9H2,1H3,(H2,16,17,18,20).